The van der Waals surface area contributed by atoms with Gasteiger partial charge in [0.15, 0.2) is 0 Å². The Labute approximate surface area is 246 Å². The molecule has 2 N–H and O–H groups in total. The number of benzene rings is 2. The van der Waals surface area contributed by atoms with E-state index in [1.807, 2.05) is 55.6 Å². The molecular formula is C33H39N5O4. The molecule has 1 saturated heterocycles. The first-order valence-corrected chi connectivity index (χ1v) is 15.0. The molecule has 3 atom stereocenters. The molecule has 3 heterocycles. The standard InChI is InChI=1S/C33H39N5O4/c1-20(34-3)31(39)36-30-21(2)38(32(40)23-14-16-42-17-15-23)29-11-7-6-10-28(29)37(33(30)41)19-26-24-8-4-5-9-27(24)35-18-25(26)22-12-13-22/h4-11,18,20-23,30,34H,12-17,19H2,1-3H3,(H,36,39). The quantitative estimate of drug-likeness (QED) is 0.448. The molecule has 220 valence electrons. The molecule has 3 aliphatic rings. The lowest BCUT2D eigenvalue weighted by molar-refractivity contribution is -0.130. The molecule has 0 spiro atoms. The maximum atomic E-state index is 14.7. The number of para-hydroxylation sites is 3. The fourth-order valence-electron chi connectivity index (χ4n) is 6.27. The molecule has 9 heteroatoms. The molecule has 2 fully saturated rings. The van der Waals surface area contributed by atoms with Gasteiger partial charge in [0.1, 0.15) is 6.04 Å². The summed E-state index contributed by atoms with van der Waals surface area (Å²) in [6, 6.07) is 13.6. The van der Waals surface area contributed by atoms with Gasteiger partial charge in [0.25, 0.3) is 5.91 Å². The minimum absolute atomic E-state index is 0.0400. The lowest BCUT2D eigenvalue weighted by atomic mass is 9.96. The highest BCUT2D eigenvalue weighted by molar-refractivity contribution is 6.09. The number of hydrogen-bond donors (Lipinski definition) is 2. The third-order valence-corrected chi connectivity index (χ3v) is 9.04. The first-order valence-electron chi connectivity index (χ1n) is 15.0. The molecule has 1 aromatic heterocycles. The lowest BCUT2D eigenvalue weighted by Crippen LogP contribution is -2.60. The number of anilines is 2. The summed E-state index contributed by atoms with van der Waals surface area (Å²) in [6.07, 6.45) is 5.42. The van der Waals surface area contributed by atoms with Gasteiger partial charge in [-0.3, -0.25) is 19.4 Å². The number of likely N-dealkylation sites (N-methyl/N-ethyl adjacent to an activating group) is 1. The molecule has 6 rings (SSSR count). The average Bonchev–Trinajstić information content (AvgIpc) is 3.88. The summed E-state index contributed by atoms with van der Waals surface area (Å²) in [5.74, 6) is -0.362. The van der Waals surface area contributed by atoms with Crippen molar-refractivity contribution in [2.24, 2.45) is 5.92 Å². The largest absolute Gasteiger partial charge is 0.381 e. The number of rotatable bonds is 7. The van der Waals surface area contributed by atoms with Gasteiger partial charge < -0.3 is 25.2 Å². The molecule has 1 saturated carbocycles. The van der Waals surface area contributed by atoms with E-state index in [1.165, 1.54) is 0 Å². The van der Waals surface area contributed by atoms with Gasteiger partial charge in [-0.2, -0.15) is 0 Å². The van der Waals surface area contributed by atoms with E-state index in [4.69, 9.17) is 9.72 Å². The SMILES string of the molecule is CNC(C)C(=O)NC1C(=O)N(Cc2c(C3CC3)cnc3ccccc23)c2ccccc2N(C(=O)C2CCOCC2)C1C. The van der Waals surface area contributed by atoms with E-state index in [0.717, 1.165) is 34.9 Å². The Balaban J connectivity index is 1.48. The van der Waals surface area contributed by atoms with Crippen molar-refractivity contribution in [2.45, 2.75) is 70.1 Å². The third kappa shape index (κ3) is 5.27. The van der Waals surface area contributed by atoms with Gasteiger partial charge in [0.05, 0.1) is 35.5 Å². The Kier molecular flexibility index (Phi) is 7.96. The Morgan fingerprint density at radius 1 is 1.02 bits per heavy atom. The first-order chi connectivity index (χ1) is 20.4. The molecular weight excluding hydrogens is 530 g/mol. The molecule has 2 aliphatic heterocycles. The third-order valence-electron chi connectivity index (χ3n) is 9.04. The van der Waals surface area contributed by atoms with Crippen LogP contribution in [-0.2, 0) is 25.7 Å². The summed E-state index contributed by atoms with van der Waals surface area (Å²) in [6.45, 7) is 4.99. The van der Waals surface area contributed by atoms with Crippen molar-refractivity contribution in [1.29, 1.82) is 0 Å². The number of fused-ring (bicyclic) bond motifs is 2. The normalized spacial score (nSPS) is 22.0. The van der Waals surface area contributed by atoms with Crippen LogP contribution in [0.15, 0.2) is 54.7 Å². The second-order valence-corrected chi connectivity index (χ2v) is 11.7. The van der Waals surface area contributed by atoms with E-state index in [2.05, 4.69) is 16.7 Å². The summed E-state index contributed by atoms with van der Waals surface area (Å²) < 4.78 is 5.54. The summed E-state index contributed by atoms with van der Waals surface area (Å²) in [4.78, 5) is 50.3. The van der Waals surface area contributed by atoms with E-state index in [0.29, 0.717) is 49.9 Å². The predicted octanol–water partition coefficient (Wildman–Crippen LogP) is 3.90. The summed E-state index contributed by atoms with van der Waals surface area (Å²) in [7, 11) is 1.71. The van der Waals surface area contributed by atoms with Crippen molar-refractivity contribution in [3.63, 3.8) is 0 Å². The summed E-state index contributed by atoms with van der Waals surface area (Å²) in [5, 5.41) is 6.99. The molecule has 42 heavy (non-hydrogen) atoms. The topological polar surface area (TPSA) is 104 Å². The van der Waals surface area contributed by atoms with E-state index in [9.17, 15) is 14.4 Å². The van der Waals surface area contributed by atoms with Crippen LogP contribution in [0.2, 0.25) is 0 Å². The van der Waals surface area contributed by atoms with Crippen molar-refractivity contribution in [2.75, 3.05) is 30.1 Å². The minimum atomic E-state index is -0.943. The zero-order valence-electron chi connectivity index (χ0n) is 24.5. The molecule has 0 bridgehead atoms. The van der Waals surface area contributed by atoms with Gasteiger partial charge in [-0.05, 0) is 81.8 Å². The first kappa shape index (κ1) is 28.3. The zero-order chi connectivity index (χ0) is 29.4. The highest BCUT2D eigenvalue weighted by atomic mass is 16.5. The van der Waals surface area contributed by atoms with Crippen LogP contribution in [0.3, 0.4) is 0 Å². The van der Waals surface area contributed by atoms with Crippen molar-refractivity contribution < 1.29 is 19.1 Å². The van der Waals surface area contributed by atoms with Crippen molar-refractivity contribution in [3.05, 3.63) is 65.9 Å². The van der Waals surface area contributed by atoms with E-state index >= 15 is 0 Å². The molecule has 3 unspecified atom stereocenters. The number of carbonyl (C=O) groups excluding carboxylic acids is 3. The van der Waals surface area contributed by atoms with Crippen LogP contribution < -0.4 is 20.4 Å². The second-order valence-electron chi connectivity index (χ2n) is 11.7. The van der Waals surface area contributed by atoms with Gasteiger partial charge in [-0.25, -0.2) is 0 Å². The van der Waals surface area contributed by atoms with Crippen molar-refractivity contribution in [1.82, 2.24) is 15.6 Å². The zero-order valence-corrected chi connectivity index (χ0v) is 24.5. The van der Waals surface area contributed by atoms with Crippen LogP contribution in [0.5, 0.6) is 0 Å². The highest BCUT2D eigenvalue weighted by Crippen LogP contribution is 2.44. The molecule has 1 aliphatic carbocycles. The molecule has 9 nitrogen and oxygen atoms in total. The number of hydrogen-bond acceptors (Lipinski definition) is 6. The van der Waals surface area contributed by atoms with Crippen LogP contribution in [-0.4, -0.2) is 61.1 Å². The predicted molar refractivity (Wildman–Crippen MR) is 162 cm³/mol. The summed E-state index contributed by atoms with van der Waals surface area (Å²) >= 11 is 0. The fraction of sp³-hybridized carbons (Fsp3) is 0.455. The lowest BCUT2D eigenvalue weighted by Gasteiger charge is -2.35. The maximum absolute atomic E-state index is 14.7. The maximum Gasteiger partial charge on any atom is 0.252 e. The molecule has 0 radical (unpaired) electrons. The number of aromatic nitrogens is 1. The van der Waals surface area contributed by atoms with Gasteiger partial charge in [-0.1, -0.05) is 30.3 Å². The number of ether oxygens (including phenoxy) is 1. The summed E-state index contributed by atoms with van der Waals surface area (Å²) in [5.41, 5.74) is 4.45. The van der Waals surface area contributed by atoms with Crippen LogP contribution in [0, 0.1) is 5.92 Å². The van der Waals surface area contributed by atoms with Crippen LogP contribution in [0.4, 0.5) is 11.4 Å². The fourth-order valence-corrected chi connectivity index (χ4v) is 6.27. The van der Waals surface area contributed by atoms with E-state index in [-0.39, 0.29) is 23.6 Å². The number of nitrogens with zero attached hydrogens (tertiary/aromatic N) is 3. The second kappa shape index (κ2) is 11.8. The highest BCUT2D eigenvalue weighted by Gasteiger charge is 2.44. The van der Waals surface area contributed by atoms with Crippen molar-refractivity contribution in [3.8, 4) is 0 Å². The van der Waals surface area contributed by atoms with Crippen LogP contribution >= 0.6 is 0 Å². The van der Waals surface area contributed by atoms with Crippen molar-refractivity contribution >= 4 is 40.0 Å². The molecule has 3 aromatic rings. The Morgan fingerprint density at radius 2 is 1.71 bits per heavy atom. The minimum Gasteiger partial charge on any atom is -0.381 e. The number of nitrogens with one attached hydrogen (secondary N) is 2. The van der Waals surface area contributed by atoms with Gasteiger partial charge in [0, 0.05) is 30.7 Å². The molecule has 2 aromatic carbocycles. The van der Waals surface area contributed by atoms with Crippen LogP contribution in [0.25, 0.3) is 10.9 Å². The van der Waals surface area contributed by atoms with E-state index in [1.54, 1.807) is 23.8 Å². The van der Waals surface area contributed by atoms with Crippen LogP contribution in [0.1, 0.15) is 56.6 Å². The number of amides is 3. The number of carbonyl (C=O) groups is 3. The Hall–Kier alpha value is -3.82. The smallest absolute Gasteiger partial charge is 0.252 e. The number of pyridine rings is 1. The van der Waals surface area contributed by atoms with Gasteiger partial charge >= 0.3 is 0 Å². The Bertz CT molecular complexity index is 1500. The van der Waals surface area contributed by atoms with Gasteiger partial charge in [-0.15, -0.1) is 0 Å². The molecule has 3 amide bonds. The van der Waals surface area contributed by atoms with Gasteiger partial charge in [0.2, 0.25) is 11.8 Å². The average molecular weight is 570 g/mol. The Morgan fingerprint density at radius 3 is 2.43 bits per heavy atom. The monoisotopic (exact) mass is 569 g/mol. The van der Waals surface area contributed by atoms with E-state index < -0.39 is 18.1 Å².